The molecule has 1 aromatic carbocycles. The molecule has 4 N–H and O–H groups in total. The van der Waals surface area contributed by atoms with Crippen molar-refractivity contribution in [1.29, 1.82) is 0 Å². The van der Waals surface area contributed by atoms with Crippen LogP contribution in [0.15, 0.2) is 30.5 Å². The topological polar surface area (TPSA) is 99.8 Å². The lowest BCUT2D eigenvalue weighted by molar-refractivity contribution is -0.118. The molecule has 0 aliphatic carbocycles. The number of primary amides is 1. The molecule has 0 aliphatic heterocycles. The van der Waals surface area contributed by atoms with Gasteiger partial charge in [0, 0.05) is 5.39 Å². The summed E-state index contributed by atoms with van der Waals surface area (Å²) in [6.07, 6.45) is 1.64. The molecule has 0 spiro atoms. The Kier molecular flexibility index (Phi) is 2.16. The number of carbonyl (C=O) groups excluding carboxylic acids is 1. The van der Waals surface area contributed by atoms with Gasteiger partial charge in [0.25, 0.3) is 0 Å². The van der Waals surface area contributed by atoms with Crippen molar-refractivity contribution in [1.82, 2.24) is 14.5 Å². The van der Waals surface area contributed by atoms with Gasteiger partial charge in [0.15, 0.2) is 0 Å². The first-order valence-electron chi connectivity index (χ1n) is 5.44. The fraction of sp³-hybridized carbons (Fsp3) is 0.0833. The number of pyridine rings is 1. The number of anilines is 1. The van der Waals surface area contributed by atoms with Crippen LogP contribution >= 0.6 is 0 Å². The highest BCUT2D eigenvalue weighted by atomic mass is 16.1. The number of nitrogen functional groups attached to an aromatic ring is 1. The summed E-state index contributed by atoms with van der Waals surface area (Å²) in [6, 6.07) is 7.62. The Morgan fingerprint density at radius 1 is 1.28 bits per heavy atom. The van der Waals surface area contributed by atoms with Gasteiger partial charge < -0.3 is 16.0 Å². The summed E-state index contributed by atoms with van der Waals surface area (Å²) in [5, 5.41) is 0.903. The maximum absolute atomic E-state index is 11.1. The van der Waals surface area contributed by atoms with Crippen LogP contribution in [0.1, 0.15) is 0 Å². The largest absolute Gasteiger partial charge is 0.369 e. The van der Waals surface area contributed by atoms with E-state index in [-0.39, 0.29) is 12.5 Å². The van der Waals surface area contributed by atoms with Gasteiger partial charge in [-0.1, -0.05) is 18.2 Å². The van der Waals surface area contributed by atoms with Crippen LogP contribution in [0.25, 0.3) is 21.9 Å². The molecule has 1 amide bonds. The van der Waals surface area contributed by atoms with E-state index in [4.69, 9.17) is 11.5 Å². The van der Waals surface area contributed by atoms with E-state index in [0.29, 0.717) is 5.52 Å². The number of amides is 1. The minimum Gasteiger partial charge on any atom is -0.369 e. The van der Waals surface area contributed by atoms with Crippen LogP contribution in [0.2, 0.25) is 0 Å². The monoisotopic (exact) mass is 241 g/mol. The molecule has 0 saturated heterocycles. The van der Waals surface area contributed by atoms with Gasteiger partial charge in [-0.2, -0.15) is 0 Å². The van der Waals surface area contributed by atoms with E-state index in [1.807, 2.05) is 24.3 Å². The molecule has 0 unspecified atom stereocenters. The first-order chi connectivity index (χ1) is 8.66. The number of imidazole rings is 1. The lowest BCUT2D eigenvalue weighted by atomic mass is 10.2. The third-order valence-electron chi connectivity index (χ3n) is 2.82. The molecule has 0 atom stereocenters. The Morgan fingerprint density at radius 2 is 2.06 bits per heavy atom. The molecule has 2 heterocycles. The molecule has 2 aromatic heterocycles. The predicted octanol–water partition coefficient (Wildman–Crippen LogP) is 0.652. The Hall–Kier alpha value is -2.63. The van der Waals surface area contributed by atoms with E-state index in [1.165, 1.54) is 0 Å². The van der Waals surface area contributed by atoms with Crippen molar-refractivity contribution in [3.8, 4) is 0 Å². The predicted molar refractivity (Wildman–Crippen MR) is 68.6 cm³/mol. The summed E-state index contributed by atoms with van der Waals surface area (Å²) >= 11 is 0. The number of rotatable bonds is 2. The Labute approximate surface area is 102 Å². The number of benzene rings is 1. The van der Waals surface area contributed by atoms with Crippen molar-refractivity contribution in [2.75, 3.05) is 5.73 Å². The molecule has 3 rings (SSSR count). The number of hydrogen-bond acceptors (Lipinski definition) is 4. The maximum Gasteiger partial charge on any atom is 0.237 e. The van der Waals surface area contributed by atoms with Crippen molar-refractivity contribution in [3.05, 3.63) is 30.5 Å². The van der Waals surface area contributed by atoms with Crippen LogP contribution in [0.4, 0.5) is 5.95 Å². The minimum atomic E-state index is -0.457. The summed E-state index contributed by atoms with van der Waals surface area (Å²) in [7, 11) is 0. The molecule has 90 valence electrons. The second-order valence-electron chi connectivity index (χ2n) is 4.03. The zero-order valence-corrected chi connectivity index (χ0v) is 9.50. The SMILES string of the molecule is NC(=O)Cn1c(N)nc2cnc3ccccc3c21. The summed E-state index contributed by atoms with van der Waals surface area (Å²) in [5.74, 6) is -0.191. The Bertz CT molecular complexity index is 762. The van der Waals surface area contributed by atoms with Crippen molar-refractivity contribution in [3.63, 3.8) is 0 Å². The Balaban J connectivity index is 2.43. The third-order valence-corrected chi connectivity index (χ3v) is 2.82. The van der Waals surface area contributed by atoms with Crippen LogP contribution in [0.5, 0.6) is 0 Å². The van der Waals surface area contributed by atoms with Crippen molar-refractivity contribution >= 4 is 33.8 Å². The molecule has 0 aliphatic rings. The first kappa shape index (κ1) is 10.5. The third kappa shape index (κ3) is 1.46. The zero-order valence-electron chi connectivity index (χ0n) is 9.50. The number of para-hydroxylation sites is 1. The Morgan fingerprint density at radius 3 is 2.83 bits per heavy atom. The minimum absolute atomic E-state index is 0.0103. The maximum atomic E-state index is 11.1. The molecule has 3 aromatic rings. The van der Waals surface area contributed by atoms with Crippen LogP contribution in [0, 0.1) is 0 Å². The summed E-state index contributed by atoms with van der Waals surface area (Å²) in [4.78, 5) is 19.6. The standard InChI is InChI=1S/C12H11N5O/c13-10(18)6-17-11-7-3-1-2-4-8(7)15-5-9(11)16-12(17)14/h1-5H,6H2,(H2,13,18)(H2,14,16). The van der Waals surface area contributed by atoms with Gasteiger partial charge in [0.1, 0.15) is 12.1 Å². The van der Waals surface area contributed by atoms with Gasteiger partial charge in [-0.25, -0.2) is 4.98 Å². The van der Waals surface area contributed by atoms with E-state index in [1.54, 1.807) is 10.8 Å². The second kappa shape index (κ2) is 3.69. The molecular weight excluding hydrogens is 230 g/mol. The van der Waals surface area contributed by atoms with Gasteiger partial charge in [0.05, 0.1) is 17.2 Å². The molecule has 0 radical (unpaired) electrons. The molecule has 0 fully saturated rings. The highest BCUT2D eigenvalue weighted by Crippen LogP contribution is 2.25. The van der Waals surface area contributed by atoms with Crippen molar-refractivity contribution in [2.45, 2.75) is 6.54 Å². The average molecular weight is 241 g/mol. The lowest BCUT2D eigenvalue weighted by Crippen LogP contribution is -2.19. The molecule has 6 nitrogen and oxygen atoms in total. The summed E-state index contributed by atoms with van der Waals surface area (Å²) < 4.78 is 1.61. The number of nitrogens with two attached hydrogens (primary N) is 2. The van der Waals surface area contributed by atoms with E-state index in [0.717, 1.165) is 16.4 Å². The van der Waals surface area contributed by atoms with Crippen LogP contribution in [-0.4, -0.2) is 20.4 Å². The van der Waals surface area contributed by atoms with Crippen LogP contribution < -0.4 is 11.5 Å². The normalized spacial score (nSPS) is 11.1. The molecular formula is C12H11N5O. The molecule has 18 heavy (non-hydrogen) atoms. The molecule has 0 bridgehead atoms. The van der Waals surface area contributed by atoms with Crippen LogP contribution in [0.3, 0.4) is 0 Å². The highest BCUT2D eigenvalue weighted by molar-refractivity contribution is 6.03. The lowest BCUT2D eigenvalue weighted by Gasteiger charge is -2.05. The molecule has 6 heteroatoms. The van der Waals surface area contributed by atoms with Crippen molar-refractivity contribution in [2.24, 2.45) is 5.73 Å². The first-order valence-corrected chi connectivity index (χ1v) is 5.44. The number of aromatic nitrogens is 3. The van der Waals surface area contributed by atoms with Gasteiger partial charge in [-0.15, -0.1) is 0 Å². The van der Waals surface area contributed by atoms with Gasteiger partial charge in [-0.05, 0) is 6.07 Å². The summed E-state index contributed by atoms with van der Waals surface area (Å²) in [5.41, 5.74) is 13.3. The van der Waals surface area contributed by atoms with Crippen LogP contribution in [-0.2, 0) is 11.3 Å². The fourth-order valence-electron chi connectivity index (χ4n) is 2.10. The number of hydrogen-bond donors (Lipinski definition) is 2. The van der Waals surface area contributed by atoms with E-state index < -0.39 is 5.91 Å². The van der Waals surface area contributed by atoms with Gasteiger partial charge >= 0.3 is 0 Å². The summed E-state index contributed by atoms with van der Waals surface area (Å²) in [6.45, 7) is 0.0103. The zero-order chi connectivity index (χ0) is 12.7. The number of nitrogens with zero attached hydrogens (tertiary/aromatic N) is 3. The quantitative estimate of drug-likeness (QED) is 0.688. The van der Waals surface area contributed by atoms with Crippen molar-refractivity contribution < 1.29 is 4.79 Å². The smallest absolute Gasteiger partial charge is 0.237 e. The second-order valence-corrected chi connectivity index (χ2v) is 4.03. The average Bonchev–Trinajstić information content (AvgIpc) is 2.66. The number of carbonyl (C=O) groups is 1. The number of fused-ring (bicyclic) bond motifs is 3. The van der Waals surface area contributed by atoms with E-state index >= 15 is 0 Å². The molecule has 0 saturated carbocycles. The van der Waals surface area contributed by atoms with E-state index in [2.05, 4.69) is 9.97 Å². The fourth-order valence-corrected chi connectivity index (χ4v) is 2.10. The van der Waals surface area contributed by atoms with Gasteiger partial charge in [0.2, 0.25) is 11.9 Å². The van der Waals surface area contributed by atoms with Gasteiger partial charge in [-0.3, -0.25) is 9.78 Å². The highest BCUT2D eigenvalue weighted by Gasteiger charge is 2.13. The van der Waals surface area contributed by atoms with E-state index in [9.17, 15) is 4.79 Å².